The third kappa shape index (κ3) is 3.25. The molecule has 0 N–H and O–H groups in total. The Labute approximate surface area is 113 Å². The summed E-state index contributed by atoms with van der Waals surface area (Å²) in [5.41, 5.74) is 0.136. The number of thiol groups is 1. The van der Waals surface area contributed by atoms with Crippen molar-refractivity contribution in [3.8, 4) is 0 Å². The van der Waals surface area contributed by atoms with Gasteiger partial charge in [0.15, 0.2) is 0 Å². The minimum Gasteiger partial charge on any atom is -0.338 e. The summed E-state index contributed by atoms with van der Waals surface area (Å²) in [6.45, 7) is 3.47. The van der Waals surface area contributed by atoms with Crippen molar-refractivity contribution in [1.29, 1.82) is 0 Å². The molecule has 0 atom stereocenters. The van der Waals surface area contributed by atoms with Gasteiger partial charge in [0.1, 0.15) is 5.82 Å². The maximum Gasteiger partial charge on any atom is 0.256 e. The second-order valence-corrected chi connectivity index (χ2v) is 5.38. The van der Waals surface area contributed by atoms with Crippen molar-refractivity contribution in [2.24, 2.45) is 5.92 Å². The molecule has 0 radical (unpaired) electrons. The van der Waals surface area contributed by atoms with Crippen LogP contribution >= 0.6 is 12.6 Å². The number of carbonyl (C=O) groups excluding carboxylic acids is 1. The molecule has 0 saturated heterocycles. The zero-order valence-electron chi connectivity index (χ0n) is 10.5. The molecule has 1 saturated carbocycles. The largest absolute Gasteiger partial charge is 0.338 e. The summed E-state index contributed by atoms with van der Waals surface area (Å²) in [7, 11) is 0. The minimum absolute atomic E-state index is 0.136. The lowest BCUT2D eigenvalue weighted by molar-refractivity contribution is 0.0742. The molecular formula is C14H18FNOS. The molecule has 1 aromatic rings. The topological polar surface area (TPSA) is 20.3 Å². The van der Waals surface area contributed by atoms with Gasteiger partial charge in [-0.3, -0.25) is 4.79 Å². The molecule has 1 aromatic carbocycles. The average Bonchev–Trinajstić information content (AvgIpc) is 3.15. The lowest BCUT2D eigenvalue weighted by Crippen LogP contribution is -2.34. The van der Waals surface area contributed by atoms with Crippen molar-refractivity contribution in [2.45, 2.75) is 31.1 Å². The van der Waals surface area contributed by atoms with Crippen molar-refractivity contribution < 1.29 is 9.18 Å². The van der Waals surface area contributed by atoms with Crippen LogP contribution < -0.4 is 0 Å². The number of nitrogens with zero attached hydrogens (tertiary/aromatic N) is 1. The highest BCUT2D eigenvalue weighted by atomic mass is 32.1. The Morgan fingerprint density at radius 2 is 2.22 bits per heavy atom. The first kappa shape index (κ1) is 13.4. The number of benzene rings is 1. The molecule has 4 heteroatoms. The fourth-order valence-corrected chi connectivity index (χ4v) is 2.21. The summed E-state index contributed by atoms with van der Waals surface area (Å²) in [6, 6.07) is 4.37. The highest BCUT2D eigenvalue weighted by Gasteiger charge is 2.27. The summed E-state index contributed by atoms with van der Waals surface area (Å²) in [5, 5.41) is 0. The SMILES string of the molecule is CCCN(CC1CC1)C(=O)c1cc(S)ccc1F. The van der Waals surface area contributed by atoms with Crippen LogP contribution in [0.5, 0.6) is 0 Å². The Morgan fingerprint density at radius 3 is 2.83 bits per heavy atom. The molecule has 1 aliphatic rings. The fraction of sp³-hybridized carbons (Fsp3) is 0.500. The number of amides is 1. The van der Waals surface area contributed by atoms with E-state index in [0.717, 1.165) is 13.0 Å². The van der Waals surface area contributed by atoms with Crippen molar-refractivity contribution in [2.75, 3.05) is 13.1 Å². The Hall–Kier alpha value is -1.03. The van der Waals surface area contributed by atoms with Crippen LogP contribution in [0.2, 0.25) is 0 Å². The van der Waals surface area contributed by atoms with Crippen LogP contribution in [0, 0.1) is 11.7 Å². The van der Waals surface area contributed by atoms with E-state index in [1.54, 1.807) is 11.0 Å². The fourth-order valence-electron chi connectivity index (χ4n) is 2.01. The molecule has 1 fully saturated rings. The quantitative estimate of drug-likeness (QED) is 0.811. The number of hydrogen-bond acceptors (Lipinski definition) is 2. The molecule has 98 valence electrons. The van der Waals surface area contributed by atoms with Crippen molar-refractivity contribution in [3.05, 3.63) is 29.6 Å². The molecule has 18 heavy (non-hydrogen) atoms. The molecule has 2 rings (SSSR count). The normalized spacial score (nSPS) is 14.6. The van der Waals surface area contributed by atoms with E-state index in [4.69, 9.17) is 0 Å². The zero-order valence-corrected chi connectivity index (χ0v) is 11.4. The molecule has 1 amide bonds. The van der Waals surface area contributed by atoms with Gasteiger partial charge >= 0.3 is 0 Å². The monoisotopic (exact) mass is 267 g/mol. The van der Waals surface area contributed by atoms with E-state index in [9.17, 15) is 9.18 Å². The third-order valence-corrected chi connectivity index (χ3v) is 3.41. The Morgan fingerprint density at radius 1 is 1.50 bits per heavy atom. The van der Waals surface area contributed by atoms with E-state index in [2.05, 4.69) is 12.6 Å². The van der Waals surface area contributed by atoms with Crippen LogP contribution in [0.25, 0.3) is 0 Å². The molecule has 0 spiro atoms. The predicted octanol–water partition coefficient (Wildman–Crippen LogP) is 3.38. The second kappa shape index (κ2) is 5.74. The maximum atomic E-state index is 13.7. The van der Waals surface area contributed by atoms with Crippen LogP contribution in [0.4, 0.5) is 4.39 Å². The van der Waals surface area contributed by atoms with E-state index < -0.39 is 5.82 Å². The van der Waals surface area contributed by atoms with Crippen LogP contribution in [0.15, 0.2) is 23.1 Å². The van der Waals surface area contributed by atoms with E-state index in [1.165, 1.54) is 25.0 Å². The molecule has 1 aliphatic carbocycles. The molecule has 2 nitrogen and oxygen atoms in total. The summed E-state index contributed by atoms with van der Waals surface area (Å²) in [4.78, 5) is 14.7. The van der Waals surface area contributed by atoms with E-state index in [-0.39, 0.29) is 11.5 Å². The van der Waals surface area contributed by atoms with Crippen LogP contribution in [0.3, 0.4) is 0 Å². The van der Waals surface area contributed by atoms with Gasteiger partial charge in [-0.1, -0.05) is 6.92 Å². The van der Waals surface area contributed by atoms with Crippen molar-refractivity contribution in [3.63, 3.8) is 0 Å². The molecule has 0 unspecified atom stereocenters. The molecule has 0 heterocycles. The number of halogens is 1. The van der Waals surface area contributed by atoms with E-state index in [1.807, 2.05) is 6.92 Å². The highest BCUT2D eigenvalue weighted by molar-refractivity contribution is 7.80. The third-order valence-electron chi connectivity index (χ3n) is 3.14. The van der Waals surface area contributed by atoms with Gasteiger partial charge in [-0.05, 0) is 43.4 Å². The number of rotatable bonds is 5. The standard InChI is InChI=1S/C14H18FNOS/c1-2-7-16(9-10-3-4-10)14(17)12-8-11(18)5-6-13(12)15/h5-6,8,10,18H,2-4,7,9H2,1H3. The van der Waals surface area contributed by atoms with Gasteiger partial charge in [-0.15, -0.1) is 12.6 Å². The van der Waals surface area contributed by atoms with E-state index >= 15 is 0 Å². The summed E-state index contributed by atoms with van der Waals surface area (Å²) in [6.07, 6.45) is 3.26. The first-order chi connectivity index (χ1) is 8.61. The minimum atomic E-state index is -0.463. The smallest absolute Gasteiger partial charge is 0.256 e. The van der Waals surface area contributed by atoms with Crippen molar-refractivity contribution >= 4 is 18.5 Å². The van der Waals surface area contributed by atoms with Crippen molar-refractivity contribution in [1.82, 2.24) is 4.90 Å². The lowest BCUT2D eigenvalue weighted by Gasteiger charge is -2.22. The van der Waals surface area contributed by atoms with Gasteiger partial charge in [-0.2, -0.15) is 0 Å². The molecule has 0 bridgehead atoms. The predicted molar refractivity (Wildman–Crippen MR) is 72.6 cm³/mol. The first-order valence-electron chi connectivity index (χ1n) is 6.39. The Balaban J connectivity index is 2.17. The lowest BCUT2D eigenvalue weighted by atomic mass is 10.1. The van der Waals surface area contributed by atoms with Crippen LogP contribution in [-0.4, -0.2) is 23.9 Å². The van der Waals surface area contributed by atoms with Gasteiger partial charge in [0.2, 0.25) is 0 Å². The molecule has 0 aliphatic heterocycles. The van der Waals surface area contributed by atoms with Gasteiger partial charge in [0.25, 0.3) is 5.91 Å². The zero-order chi connectivity index (χ0) is 13.1. The summed E-state index contributed by atoms with van der Waals surface area (Å²) in [5.74, 6) is -0.0606. The van der Waals surface area contributed by atoms with E-state index in [0.29, 0.717) is 17.4 Å². The maximum absolute atomic E-state index is 13.7. The van der Waals surface area contributed by atoms with Gasteiger partial charge in [0, 0.05) is 18.0 Å². The molecule has 0 aromatic heterocycles. The van der Waals surface area contributed by atoms with Crippen LogP contribution in [0.1, 0.15) is 36.5 Å². The van der Waals surface area contributed by atoms with Crippen LogP contribution in [-0.2, 0) is 0 Å². The highest BCUT2D eigenvalue weighted by Crippen LogP contribution is 2.30. The van der Waals surface area contributed by atoms with Gasteiger partial charge < -0.3 is 4.90 Å². The van der Waals surface area contributed by atoms with Gasteiger partial charge in [0.05, 0.1) is 5.56 Å². The Kier molecular flexibility index (Phi) is 4.27. The number of hydrogen-bond donors (Lipinski definition) is 1. The number of carbonyl (C=O) groups is 1. The first-order valence-corrected chi connectivity index (χ1v) is 6.84. The summed E-state index contributed by atoms with van der Waals surface area (Å²) < 4.78 is 13.7. The Bertz CT molecular complexity index is 445. The average molecular weight is 267 g/mol. The second-order valence-electron chi connectivity index (χ2n) is 4.86. The summed E-state index contributed by atoms with van der Waals surface area (Å²) >= 11 is 4.16. The van der Waals surface area contributed by atoms with Gasteiger partial charge in [-0.25, -0.2) is 4.39 Å². The molecular weight excluding hydrogens is 249 g/mol.